The predicted molar refractivity (Wildman–Crippen MR) is 138 cm³/mol. The number of rotatable bonds is 9. The molecule has 4 N–H and O–H groups in total. The number of amides is 3. The van der Waals surface area contributed by atoms with Gasteiger partial charge in [0.05, 0.1) is 24.8 Å². The number of anilines is 1. The molecule has 3 aromatic rings. The predicted octanol–water partition coefficient (Wildman–Crippen LogP) is 3.66. The van der Waals surface area contributed by atoms with Crippen molar-refractivity contribution in [3.05, 3.63) is 59.0 Å². The van der Waals surface area contributed by atoms with E-state index in [1.165, 1.54) is 6.07 Å². The molecular formula is C28H28FN5O4. The van der Waals surface area contributed by atoms with Gasteiger partial charge >= 0.3 is 0 Å². The second kappa shape index (κ2) is 10.2. The molecule has 38 heavy (non-hydrogen) atoms. The van der Waals surface area contributed by atoms with Gasteiger partial charge in [-0.25, -0.2) is 4.39 Å². The lowest BCUT2D eigenvalue weighted by atomic mass is 9.90. The molecule has 1 aliphatic heterocycles. The maximum atomic E-state index is 14.3. The van der Waals surface area contributed by atoms with Gasteiger partial charge < -0.3 is 25.7 Å². The molecule has 9 nitrogen and oxygen atoms in total. The Hall–Kier alpha value is -4.39. The Kier molecular flexibility index (Phi) is 6.76. The van der Waals surface area contributed by atoms with E-state index in [0.29, 0.717) is 23.7 Å². The summed E-state index contributed by atoms with van der Waals surface area (Å²) in [6.45, 7) is 1.77. The summed E-state index contributed by atoms with van der Waals surface area (Å²) in [6.07, 6.45) is 2.36. The number of nitrogens with one attached hydrogen (secondary N) is 4. The van der Waals surface area contributed by atoms with Gasteiger partial charge in [-0.2, -0.15) is 5.26 Å². The number of halogens is 1. The van der Waals surface area contributed by atoms with Crippen LogP contribution >= 0.6 is 0 Å². The lowest BCUT2D eigenvalue weighted by Gasteiger charge is -2.21. The Balaban J connectivity index is 1.30. The van der Waals surface area contributed by atoms with Crippen molar-refractivity contribution in [2.24, 2.45) is 5.92 Å². The molecule has 5 rings (SSSR count). The second-order valence-corrected chi connectivity index (χ2v) is 9.93. The SMILES string of the molecule is COc1cccc2[nH]c(C(=O)NC(CC3CC3)C(=O)NC(C#N)CC3C(=O)Nc4c(F)ccc(C)c43)cc12. The molecule has 0 bridgehead atoms. The lowest BCUT2D eigenvalue weighted by molar-refractivity contribution is -0.124. The average molecular weight is 518 g/mol. The van der Waals surface area contributed by atoms with Gasteiger partial charge in [-0.1, -0.05) is 25.0 Å². The number of aryl methyl sites for hydroxylation is 1. The Morgan fingerprint density at radius 1 is 1.21 bits per heavy atom. The molecule has 1 aliphatic carbocycles. The van der Waals surface area contributed by atoms with E-state index < -0.39 is 41.5 Å². The molecule has 3 atom stereocenters. The van der Waals surface area contributed by atoms with Crippen LogP contribution in [0.25, 0.3) is 10.9 Å². The third-order valence-electron chi connectivity index (χ3n) is 7.25. The smallest absolute Gasteiger partial charge is 0.268 e. The number of carbonyl (C=O) groups is 3. The summed E-state index contributed by atoms with van der Waals surface area (Å²) in [5.41, 5.74) is 2.36. The van der Waals surface area contributed by atoms with Crippen molar-refractivity contribution in [2.45, 2.75) is 50.6 Å². The summed E-state index contributed by atoms with van der Waals surface area (Å²) in [5, 5.41) is 18.6. The number of aromatic amines is 1. The number of benzene rings is 2. The summed E-state index contributed by atoms with van der Waals surface area (Å²) >= 11 is 0. The number of hydrogen-bond acceptors (Lipinski definition) is 5. The Bertz CT molecular complexity index is 1470. The van der Waals surface area contributed by atoms with Gasteiger partial charge in [0.2, 0.25) is 11.8 Å². The summed E-state index contributed by atoms with van der Waals surface area (Å²) in [4.78, 5) is 42.0. The van der Waals surface area contributed by atoms with Crippen LogP contribution in [0.15, 0.2) is 36.4 Å². The molecular weight excluding hydrogens is 489 g/mol. The highest BCUT2D eigenvalue weighted by molar-refractivity contribution is 6.04. The highest BCUT2D eigenvalue weighted by Gasteiger charge is 2.37. The van der Waals surface area contributed by atoms with Crippen molar-refractivity contribution in [3.63, 3.8) is 0 Å². The highest BCUT2D eigenvalue weighted by Crippen LogP contribution is 2.39. The number of nitriles is 1. The van der Waals surface area contributed by atoms with Crippen molar-refractivity contribution in [3.8, 4) is 11.8 Å². The van der Waals surface area contributed by atoms with E-state index in [1.807, 2.05) is 18.2 Å². The van der Waals surface area contributed by atoms with Gasteiger partial charge in [-0.15, -0.1) is 0 Å². The molecule has 2 aromatic carbocycles. The van der Waals surface area contributed by atoms with Gasteiger partial charge in [0, 0.05) is 10.9 Å². The van der Waals surface area contributed by atoms with Crippen LogP contribution in [0.4, 0.5) is 10.1 Å². The first-order valence-corrected chi connectivity index (χ1v) is 12.6. The molecule has 0 radical (unpaired) electrons. The molecule has 10 heteroatoms. The quantitative estimate of drug-likeness (QED) is 0.344. The summed E-state index contributed by atoms with van der Waals surface area (Å²) in [7, 11) is 1.55. The zero-order chi connectivity index (χ0) is 27.0. The maximum absolute atomic E-state index is 14.3. The number of fused-ring (bicyclic) bond motifs is 2. The molecule has 196 valence electrons. The average Bonchev–Trinajstić information content (AvgIpc) is 3.51. The third-order valence-corrected chi connectivity index (χ3v) is 7.25. The fraction of sp³-hybridized carbons (Fsp3) is 0.357. The zero-order valence-electron chi connectivity index (χ0n) is 21.1. The number of hydrogen-bond donors (Lipinski definition) is 4. The number of nitrogens with zero attached hydrogens (tertiary/aromatic N) is 1. The first-order valence-electron chi connectivity index (χ1n) is 12.6. The minimum atomic E-state index is -1.01. The van der Waals surface area contributed by atoms with Crippen LogP contribution in [0.3, 0.4) is 0 Å². The molecule has 1 fully saturated rings. The van der Waals surface area contributed by atoms with Crippen molar-refractivity contribution in [2.75, 3.05) is 12.4 Å². The Morgan fingerprint density at radius 3 is 2.71 bits per heavy atom. The number of H-pyrrole nitrogens is 1. The molecule has 3 unspecified atom stereocenters. The largest absolute Gasteiger partial charge is 0.496 e. The molecule has 0 saturated heterocycles. The summed E-state index contributed by atoms with van der Waals surface area (Å²) in [5.74, 6) is -1.75. The van der Waals surface area contributed by atoms with Crippen LogP contribution in [0.2, 0.25) is 0 Å². The van der Waals surface area contributed by atoms with Gasteiger partial charge in [0.15, 0.2) is 0 Å². The molecule has 0 spiro atoms. The number of aromatic nitrogens is 1. The van der Waals surface area contributed by atoms with E-state index >= 15 is 0 Å². The van der Waals surface area contributed by atoms with Crippen molar-refractivity contribution >= 4 is 34.3 Å². The lowest BCUT2D eigenvalue weighted by Crippen LogP contribution is -2.50. The van der Waals surface area contributed by atoms with Crippen molar-refractivity contribution < 1.29 is 23.5 Å². The minimum absolute atomic E-state index is 0.0166. The van der Waals surface area contributed by atoms with E-state index in [2.05, 4.69) is 20.9 Å². The Labute approximate surface area is 218 Å². The van der Waals surface area contributed by atoms with Gasteiger partial charge in [-0.3, -0.25) is 14.4 Å². The van der Waals surface area contributed by atoms with E-state index in [9.17, 15) is 24.0 Å². The molecule has 1 saturated carbocycles. The topological polar surface area (TPSA) is 136 Å². The van der Waals surface area contributed by atoms with Crippen molar-refractivity contribution in [1.29, 1.82) is 5.26 Å². The minimum Gasteiger partial charge on any atom is -0.496 e. The molecule has 1 aromatic heterocycles. The van der Waals surface area contributed by atoms with Gasteiger partial charge in [0.1, 0.15) is 29.3 Å². The first kappa shape index (κ1) is 25.3. The number of methoxy groups -OCH3 is 1. The maximum Gasteiger partial charge on any atom is 0.268 e. The highest BCUT2D eigenvalue weighted by atomic mass is 19.1. The number of carbonyl (C=O) groups excluding carboxylic acids is 3. The molecule has 3 amide bonds. The van der Waals surface area contributed by atoms with Crippen LogP contribution in [0.1, 0.15) is 53.2 Å². The van der Waals surface area contributed by atoms with E-state index in [1.54, 1.807) is 32.2 Å². The fourth-order valence-electron chi connectivity index (χ4n) is 5.07. The van der Waals surface area contributed by atoms with Gasteiger partial charge in [0.25, 0.3) is 5.91 Å². The second-order valence-electron chi connectivity index (χ2n) is 9.93. The van der Waals surface area contributed by atoms with Crippen LogP contribution in [0, 0.1) is 30.0 Å². The van der Waals surface area contributed by atoms with Gasteiger partial charge in [-0.05, 0) is 61.1 Å². The van der Waals surface area contributed by atoms with Crippen LogP contribution in [0.5, 0.6) is 5.75 Å². The molecule has 2 heterocycles. The fourth-order valence-corrected chi connectivity index (χ4v) is 5.07. The first-order chi connectivity index (χ1) is 18.3. The Morgan fingerprint density at radius 2 is 2.00 bits per heavy atom. The van der Waals surface area contributed by atoms with Crippen LogP contribution < -0.4 is 20.7 Å². The normalized spacial score (nSPS) is 17.7. The van der Waals surface area contributed by atoms with Crippen LogP contribution in [-0.4, -0.2) is 41.9 Å². The molecule has 2 aliphatic rings. The van der Waals surface area contributed by atoms with E-state index in [-0.39, 0.29) is 17.8 Å². The number of ether oxygens (including phenoxy) is 1. The summed E-state index contributed by atoms with van der Waals surface area (Å²) in [6, 6.07) is 10.1. The summed E-state index contributed by atoms with van der Waals surface area (Å²) < 4.78 is 19.6. The van der Waals surface area contributed by atoms with Crippen molar-refractivity contribution in [1.82, 2.24) is 15.6 Å². The third kappa shape index (κ3) is 4.92. The van der Waals surface area contributed by atoms with Crippen LogP contribution in [-0.2, 0) is 9.59 Å². The standard InChI is InChI=1S/C28H28FN5O4/c1-14-6-9-19(29)25-24(14)18(26(35)34-25)11-16(13-30)31-27(36)21(10-15-7-8-15)33-28(37)22-12-17-20(32-22)4-3-5-23(17)38-2/h3-6,9,12,15-16,18,21,32H,7-8,10-11H2,1-2H3,(H,31,36)(H,33,37)(H,34,35). The van der Waals surface area contributed by atoms with E-state index in [4.69, 9.17) is 4.74 Å². The monoisotopic (exact) mass is 517 g/mol. The van der Waals surface area contributed by atoms with E-state index in [0.717, 1.165) is 29.3 Å². The zero-order valence-corrected chi connectivity index (χ0v) is 21.1.